The van der Waals surface area contributed by atoms with Crippen LogP contribution in [0.4, 0.5) is 17.1 Å². The van der Waals surface area contributed by atoms with Crippen LogP contribution in [0.5, 0.6) is 0 Å². The van der Waals surface area contributed by atoms with Crippen LogP contribution >= 0.6 is 22.6 Å². The third kappa shape index (κ3) is 4.07. The van der Waals surface area contributed by atoms with Crippen molar-refractivity contribution in [3.05, 3.63) is 56.1 Å². The van der Waals surface area contributed by atoms with Gasteiger partial charge in [0.25, 0.3) is 5.69 Å². The van der Waals surface area contributed by atoms with E-state index in [2.05, 4.69) is 27.5 Å². The van der Waals surface area contributed by atoms with Crippen LogP contribution in [0.25, 0.3) is 0 Å². The van der Waals surface area contributed by atoms with E-state index in [1.165, 1.54) is 12.1 Å². The van der Waals surface area contributed by atoms with E-state index in [0.29, 0.717) is 31.9 Å². The number of rotatable bonds is 4. The summed E-state index contributed by atoms with van der Waals surface area (Å²) >= 11 is 2.06. The molecule has 0 atom stereocenters. The van der Waals surface area contributed by atoms with Crippen LogP contribution in [0.1, 0.15) is 0 Å². The summed E-state index contributed by atoms with van der Waals surface area (Å²) in [5.74, 6) is 0. The van der Waals surface area contributed by atoms with Crippen molar-refractivity contribution in [2.45, 2.75) is 4.90 Å². The predicted molar refractivity (Wildman–Crippen MR) is 108 cm³/mol. The van der Waals surface area contributed by atoms with Gasteiger partial charge in [0.2, 0.25) is 10.0 Å². The zero-order valence-electron chi connectivity index (χ0n) is 13.7. The maximum absolute atomic E-state index is 11.3. The summed E-state index contributed by atoms with van der Waals surface area (Å²) in [6.45, 7) is 2.63. The van der Waals surface area contributed by atoms with Crippen molar-refractivity contribution in [3.63, 3.8) is 0 Å². The van der Waals surface area contributed by atoms with E-state index in [1.54, 1.807) is 24.3 Å². The first-order valence-electron chi connectivity index (χ1n) is 7.82. The number of hydrogen-bond acceptors (Lipinski definition) is 6. The van der Waals surface area contributed by atoms with Gasteiger partial charge in [-0.1, -0.05) is 0 Å². The molecule has 0 unspecified atom stereocenters. The fourth-order valence-electron chi connectivity index (χ4n) is 2.96. The summed E-state index contributed by atoms with van der Waals surface area (Å²) in [5, 5.41) is 16.4. The van der Waals surface area contributed by atoms with E-state index in [9.17, 15) is 18.5 Å². The molecule has 0 bridgehead atoms. The molecule has 1 aliphatic heterocycles. The van der Waals surface area contributed by atoms with Crippen LogP contribution in [0.3, 0.4) is 0 Å². The normalized spacial score (nSPS) is 15.2. The number of nitrogens with zero attached hydrogens (tertiary/aromatic N) is 3. The fourth-order valence-corrected chi connectivity index (χ4v) is 3.95. The Balaban J connectivity index is 1.73. The molecule has 0 saturated carbocycles. The fraction of sp³-hybridized carbons (Fsp3) is 0.250. The predicted octanol–water partition coefficient (Wildman–Crippen LogP) is 2.17. The quantitative estimate of drug-likeness (QED) is 0.402. The summed E-state index contributed by atoms with van der Waals surface area (Å²) in [5.41, 5.74) is 1.64. The van der Waals surface area contributed by atoms with Gasteiger partial charge in [0.1, 0.15) is 5.69 Å². The van der Waals surface area contributed by atoms with Crippen molar-refractivity contribution >= 4 is 49.7 Å². The summed E-state index contributed by atoms with van der Waals surface area (Å²) in [6, 6.07) is 11.7. The zero-order valence-corrected chi connectivity index (χ0v) is 16.7. The van der Waals surface area contributed by atoms with Gasteiger partial charge >= 0.3 is 0 Å². The molecule has 2 N–H and O–H groups in total. The smallest absolute Gasteiger partial charge is 0.293 e. The molecule has 1 heterocycles. The minimum Gasteiger partial charge on any atom is -0.368 e. The number of halogens is 1. The van der Waals surface area contributed by atoms with E-state index in [0.717, 1.165) is 9.26 Å². The van der Waals surface area contributed by atoms with Gasteiger partial charge in [-0.3, -0.25) is 10.1 Å². The molecular weight excluding hydrogens is 471 g/mol. The third-order valence-corrected chi connectivity index (χ3v) is 5.89. The van der Waals surface area contributed by atoms with Crippen molar-refractivity contribution in [2.24, 2.45) is 5.14 Å². The number of nitro benzene ring substituents is 1. The van der Waals surface area contributed by atoms with Crippen molar-refractivity contribution in [1.29, 1.82) is 0 Å². The van der Waals surface area contributed by atoms with Gasteiger partial charge in [0.05, 0.1) is 9.82 Å². The van der Waals surface area contributed by atoms with E-state index in [-0.39, 0.29) is 15.5 Å². The molecular formula is C16H17IN4O4S. The number of nitrogens with two attached hydrogens (primary N) is 1. The molecule has 2 aromatic carbocycles. The minimum atomic E-state index is -3.70. The van der Waals surface area contributed by atoms with E-state index < -0.39 is 10.0 Å². The molecule has 1 aliphatic rings. The number of nitro groups is 1. The van der Waals surface area contributed by atoms with Gasteiger partial charge in [-0.25, -0.2) is 13.6 Å². The molecule has 1 fully saturated rings. The van der Waals surface area contributed by atoms with Crippen molar-refractivity contribution in [2.75, 3.05) is 36.0 Å². The van der Waals surface area contributed by atoms with Crippen LogP contribution in [-0.4, -0.2) is 39.5 Å². The number of primary sulfonamides is 1. The van der Waals surface area contributed by atoms with Crippen LogP contribution in [0.2, 0.25) is 0 Å². The first kappa shape index (κ1) is 18.9. The molecule has 138 valence electrons. The van der Waals surface area contributed by atoms with E-state index >= 15 is 0 Å². The summed E-state index contributed by atoms with van der Waals surface area (Å²) in [7, 11) is -3.70. The largest absolute Gasteiger partial charge is 0.368 e. The lowest BCUT2D eigenvalue weighted by Gasteiger charge is -2.37. The highest BCUT2D eigenvalue weighted by molar-refractivity contribution is 14.1. The molecule has 0 spiro atoms. The lowest BCUT2D eigenvalue weighted by atomic mass is 10.2. The Hall–Kier alpha value is -1.92. The molecule has 1 saturated heterocycles. The van der Waals surface area contributed by atoms with Crippen molar-refractivity contribution in [1.82, 2.24) is 0 Å². The summed E-state index contributed by atoms with van der Waals surface area (Å²) in [6.07, 6.45) is 0. The van der Waals surface area contributed by atoms with Gasteiger partial charge in [-0.2, -0.15) is 0 Å². The second-order valence-electron chi connectivity index (χ2n) is 5.90. The number of piperazine rings is 1. The Morgan fingerprint density at radius 1 is 1.00 bits per heavy atom. The second kappa shape index (κ2) is 7.37. The molecule has 10 heteroatoms. The Labute approximate surface area is 164 Å². The molecule has 3 rings (SSSR count). The van der Waals surface area contributed by atoms with Crippen LogP contribution in [-0.2, 0) is 10.0 Å². The van der Waals surface area contributed by atoms with E-state index in [1.807, 2.05) is 11.0 Å². The molecule has 0 aromatic heterocycles. The topological polar surface area (TPSA) is 110 Å². The monoisotopic (exact) mass is 488 g/mol. The van der Waals surface area contributed by atoms with Gasteiger partial charge in [-0.05, 0) is 59.0 Å². The third-order valence-electron chi connectivity index (χ3n) is 4.28. The lowest BCUT2D eigenvalue weighted by molar-refractivity contribution is -0.384. The molecule has 0 aliphatic carbocycles. The average Bonchev–Trinajstić information content (AvgIpc) is 2.61. The van der Waals surface area contributed by atoms with Gasteiger partial charge in [-0.15, -0.1) is 0 Å². The molecule has 8 nitrogen and oxygen atoms in total. The highest BCUT2D eigenvalue weighted by Crippen LogP contribution is 2.31. The highest BCUT2D eigenvalue weighted by atomic mass is 127. The van der Waals surface area contributed by atoms with E-state index in [4.69, 9.17) is 5.14 Å². The molecule has 0 radical (unpaired) electrons. The number of sulfonamides is 1. The van der Waals surface area contributed by atoms with Crippen LogP contribution in [0, 0.1) is 13.7 Å². The van der Waals surface area contributed by atoms with Crippen molar-refractivity contribution < 1.29 is 13.3 Å². The maximum atomic E-state index is 11.3. The minimum absolute atomic E-state index is 0.0781. The Bertz CT molecular complexity index is 926. The van der Waals surface area contributed by atoms with Crippen molar-refractivity contribution in [3.8, 4) is 0 Å². The zero-order chi connectivity index (χ0) is 18.9. The Morgan fingerprint density at radius 3 is 2.12 bits per heavy atom. The van der Waals surface area contributed by atoms with Gasteiger partial charge in [0, 0.05) is 41.5 Å². The second-order valence-corrected chi connectivity index (χ2v) is 8.71. The standard InChI is InChI=1S/C16H17IN4O4S/c17-12-1-6-15(16(11-12)21(22)23)20-9-7-19(8-10-20)13-2-4-14(5-3-13)26(18,24)25/h1-6,11H,7-10H2,(H2,18,24,25). The number of hydrogen-bond donors (Lipinski definition) is 1. The lowest BCUT2D eigenvalue weighted by Crippen LogP contribution is -2.46. The first-order valence-corrected chi connectivity index (χ1v) is 10.4. The molecule has 26 heavy (non-hydrogen) atoms. The Kier molecular flexibility index (Phi) is 5.34. The van der Waals surface area contributed by atoms with Crippen LogP contribution < -0.4 is 14.9 Å². The maximum Gasteiger partial charge on any atom is 0.293 e. The van der Waals surface area contributed by atoms with Gasteiger partial charge < -0.3 is 9.80 Å². The Morgan fingerprint density at radius 2 is 1.58 bits per heavy atom. The number of benzene rings is 2. The SMILES string of the molecule is NS(=O)(=O)c1ccc(N2CCN(c3ccc(I)cc3[N+](=O)[O-])CC2)cc1. The highest BCUT2D eigenvalue weighted by Gasteiger charge is 2.24. The summed E-state index contributed by atoms with van der Waals surface area (Å²) < 4.78 is 23.5. The average molecular weight is 488 g/mol. The molecule has 0 amide bonds. The van der Waals surface area contributed by atoms with Crippen LogP contribution in [0.15, 0.2) is 47.4 Å². The first-order chi connectivity index (χ1) is 12.3. The van der Waals surface area contributed by atoms with Gasteiger partial charge in [0.15, 0.2) is 0 Å². The molecule has 2 aromatic rings. The number of anilines is 2. The summed E-state index contributed by atoms with van der Waals surface area (Å²) in [4.78, 5) is 15.2.